The van der Waals surface area contributed by atoms with Crippen molar-refractivity contribution in [1.29, 1.82) is 0 Å². The Morgan fingerprint density at radius 3 is 1.93 bits per heavy atom. The summed E-state index contributed by atoms with van der Waals surface area (Å²) in [6, 6.07) is 0. The lowest BCUT2D eigenvalue weighted by Crippen LogP contribution is -2.30. The van der Waals surface area contributed by atoms with Crippen molar-refractivity contribution in [2.45, 2.75) is 47.3 Å². The van der Waals surface area contributed by atoms with Crippen LogP contribution in [-0.2, 0) is 4.79 Å². The van der Waals surface area contributed by atoms with Gasteiger partial charge < -0.3 is 0 Å². The zero-order valence-corrected chi connectivity index (χ0v) is 11.6. The molecule has 0 aromatic heterocycles. The van der Waals surface area contributed by atoms with Gasteiger partial charge in [0.25, 0.3) is 0 Å². The Bertz CT molecular complexity index is 235. The molecule has 14 heavy (non-hydrogen) atoms. The summed E-state index contributed by atoms with van der Waals surface area (Å²) in [5.41, 5.74) is 1.99. The highest BCUT2D eigenvalue weighted by molar-refractivity contribution is 6.81. The van der Waals surface area contributed by atoms with Crippen LogP contribution in [0.3, 0.4) is 0 Å². The summed E-state index contributed by atoms with van der Waals surface area (Å²) in [5.74, 6) is 0.634. The Hall–Kier alpha value is -0.373. The largest absolute Gasteiger partial charge is 0.299 e. The molecule has 0 spiro atoms. The summed E-state index contributed by atoms with van der Waals surface area (Å²) in [5, 5.41) is 0. The van der Waals surface area contributed by atoms with Gasteiger partial charge in [-0.25, -0.2) is 0 Å². The average molecular weight is 212 g/mol. The fourth-order valence-electron chi connectivity index (χ4n) is 1.14. The molecule has 0 aliphatic rings. The van der Waals surface area contributed by atoms with Gasteiger partial charge in [-0.15, -0.1) is 0 Å². The number of rotatable bonds is 4. The van der Waals surface area contributed by atoms with Crippen molar-refractivity contribution in [3.8, 4) is 0 Å². The van der Waals surface area contributed by atoms with Crippen LogP contribution >= 0.6 is 0 Å². The first-order chi connectivity index (χ1) is 6.09. The van der Waals surface area contributed by atoms with E-state index in [1.54, 1.807) is 6.92 Å². The molecular weight excluding hydrogens is 188 g/mol. The lowest BCUT2D eigenvalue weighted by molar-refractivity contribution is -0.125. The summed E-state index contributed by atoms with van der Waals surface area (Å²) in [7, 11) is -1.19. The predicted octanol–water partition coefficient (Wildman–Crippen LogP) is 3.67. The molecule has 0 saturated carbocycles. The fourth-order valence-corrected chi connectivity index (χ4v) is 1.99. The van der Waals surface area contributed by atoms with Gasteiger partial charge in [-0.1, -0.05) is 45.3 Å². The summed E-state index contributed by atoms with van der Waals surface area (Å²) in [4.78, 5) is 11.6. The molecular formula is C12H24OSi. The van der Waals surface area contributed by atoms with Crippen LogP contribution in [0.4, 0.5) is 0 Å². The molecule has 1 atom stereocenters. The SMILES string of the molecule is CC(=O)C(C)(C=C[Si](C)(C)C)C(C)C. The number of carbonyl (C=O) groups excluding carboxylic acids is 1. The molecule has 0 fully saturated rings. The van der Waals surface area contributed by atoms with Gasteiger partial charge in [0.1, 0.15) is 5.78 Å². The van der Waals surface area contributed by atoms with Crippen molar-refractivity contribution < 1.29 is 4.79 Å². The number of hydrogen-bond acceptors (Lipinski definition) is 1. The van der Waals surface area contributed by atoms with Gasteiger partial charge in [0.15, 0.2) is 0 Å². The maximum absolute atomic E-state index is 11.6. The summed E-state index contributed by atoms with van der Waals surface area (Å²) >= 11 is 0. The molecule has 0 amide bonds. The predicted molar refractivity (Wildman–Crippen MR) is 66.1 cm³/mol. The van der Waals surface area contributed by atoms with Crippen LogP contribution in [0.15, 0.2) is 11.8 Å². The highest BCUT2D eigenvalue weighted by Crippen LogP contribution is 2.30. The number of carbonyl (C=O) groups is 1. The molecule has 0 aliphatic heterocycles. The first kappa shape index (κ1) is 13.6. The van der Waals surface area contributed by atoms with Crippen molar-refractivity contribution in [1.82, 2.24) is 0 Å². The van der Waals surface area contributed by atoms with E-state index in [0.717, 1.165) is 0 Å². The topological polar surface area (TPSA) is 17.1 Å². The maximum Gasteiger partial charge on any atom is 0.139 e. The molecule has 0 rings (SSSR count). The maximum atomic E-state index is 11.6. The number of hydrogen-bond donors (Lipinski definition) is 0. The van der Waals surface area contributed by atoms with E-state index in [4.69, 9.17) is 0 Å². The number of allylic oxidation sites excluding steroid dienone is 1. The molecule has 0 aromatic rings. The molecule has 0 bridgehead atoms. The van der Waals surface area contributed by atoms with Crippen LogP contribution in [0.1, 0.15) is 27.7 Å². The molecule has 1 nitrogen and oxygen atoms in total. The van der Waals surface area contributed by atoms with E-state index in [1.807, 2.05) is 6.92 Å². The highest BCUT2D eigenvalue weighted by Gasteiger charge is 2.30. The molecule has 0 radical (unpaired) electrons. The molecule has 0 saturated heterocycles. The van der Waals surface area contributed by atoms with Crippen molar-refractivity contribution in [2.75, 3.05) is 0 Å². The van der Waals surface area contributed by atoms with E-state index in [-0.39, 0.29) is 11.2 Å². The standard InChI is InChI=1S/C12H24OSi/c1-10(2)12(4,11(3)13)8-9-14(5,6)7/h8-10H,1-7H3. The van der Waals surface area contributed by atoms with Gasteiger partial charge in [-0.3, -0.25) is 4.79 Å². The molecule has 82 valence electrons. The minimum absolute atomic E-state index is 0.266. The van der Waals surface area contributed by atoms with Crippen LogP contribution in [0, 0.1) is 11.3 Å². The van der Waals surface area contributed by atoms with Crippen LogP contribution in [0.5, 0.6) is 0 Å². The normalized spacial score (nSPS) is 17.4. The van der Waals surface area contributed by atoms with Gasteiger partial charge >= 0.3 is 0 Å². The summed E-state index contributed by atoms with van der Waals surface area (Å²) in [6.07, 6.45) is 2.13. The van der Waals surface area contributed by atoms with E-state index >= 15 is 0 Å². The van der Waals surface area contributed by atoms with Crippen LogP contribution in [0.2, 0.25) is 19.6 Å². The van der Waals surface area contributed by atoms with Crippen LogP contribution in [0.25, 0.3) is 0 Å². The van der Waals surface area contributed by atoms with Gasteiger partial charge in [-0.05, 0) is 19.8 Å². The quantitative estimate of drug-likeness (QED) is 0.650. The molecule has 0 aromatic carbocycles. The summed E-state index contributed by atoms with van der Waals surface area (Å²) in [6.45, 7) is 14.8. The minimum atomic E-state index is -1.19. The fraction of sp³-hybridized carbons (Fsp3) is 0.750. The minimum Gasteiger partial charge on any atom is -0.299 e. The van der Waals surface area contributed by atoms with E-state index in [0.29, 0.717) is 5.92 Å². The van der Waals surface area contributed by atoms with Crippen molar-refractivity contribution in [3.05, 3.63) is 11.8 Å². The van der Waals surface area contributed by atoms with Gasteiger partial charge in [-0.2, -0.15) is 0 Å². The molecule has 0 N–H and O–H groups in total. The lowest BCUT2D eigenvalue weighted by atomic mass is 9.76. The molecule has 1 unspecified atom stereocenters. The second-order valence-corrected chi connectivity index (χ2v) is 10.8. The monoisotopic (exact) mass is 212 g/mol. The van der Waals surface area contributed by atoms with Crippen molar-refractivity contribution in [3.63, 3.8) is 0 Å². The smallest absolute Gasteiger partial charge is 0.139 e. The first-order valence-corrected chi connectivity index (χ1v) is 8.89. The third kappa shape index (κ3) is 3.78. The summed E-state index contributed by atoms with van der Waals surface area (Å²) < 4.78 is 0. The zero-order valence-electron chi connectivity index (χ0n) is 10.6. The Morgan fingerprint density at radius 2 is 1.71 bits per heavy atom. The second kappa shape index (κ2) is 4.43. The van der Waals surface area contributed by atoms with Crippen LogP contribution < -0.4 is 0 Å². The van der Waals surface area contributed by atoms with Gasteiger partial charge in [0.05, 0.1) is 8.07 Å². The zero-order chi connectivity index (χ0) is 11.6. The third-order valence-corrected chi connectivity index (χ3v) is 4.05. The molecule has 2 heteroatoms. The second-order valence-electron chi connectivity index (χ2n) is 5.69. The molecule has 0 aliphatic carbocycles. The first-order valence-electron chi connectivity index (χ1n) is 5.31. The van der Waals surface area contributed by atoms with E-state index in [1.165, 1.54) is 0 Å². The number of ketones is 1. The Morgan fingerprint density at radius 1 is 1.29 bits per heavy atom. The highest BCUT2D eigenvalue weighted by atomic mass is 28.3. The van der Waals surface area contributed by atoms with E-state index < -0.39 is 8.07 Å². The Labute approximate surface area is 89.6 Å². The average Bonchev–Trinajstić information content (AvgIpc) is 1.97. The van der Waals surface area contributed by atoms with Crippen molar-refractivity contribution >= 4 is 13.9 Å². The van der Waals surface area contributed by atoms with E-state index in [2.05, 4.69) is 45.3 Å². The Kier molecular flexibility index (Phi) is 4.31. The lowest BCUT2D eigenvalue weighted by Gasteiger charge is -2.28. The number of Topliss-reactive ketones (excluding diaryl/α,β-unsaturated/α-hetero) is 1. The third-order valence-electron chi connectivity index (χ3n) is 2.89. The molecule has 0 heterocycles. The van der Waals surface area contributed by atoms with E-state index in [9.17, 15) is 4.79 Å². The van der Waals surface area contributed by atoms with Gasteiger partial charge in [0, 0.05) is 5.41 Å². The van der Waals surface area contributed by atoms with Gasteiger partial charge in [0.2, 0.25) is 0 Å². The van der Waals surface area contributed by atoms with Crippen molar-refractivity contribution in [2.24, 2.45) is 11.3 Å². The van der Waals surface area contributed by atoms with Crippen LogP contribution in [-0.4, -0.2) is 13.9 Å². The Balaban J connectivity index is 4.89.